The van der Waals surface area contributed by atoms with Crippen LogP contribution in [0.3, 0.4) is 0 Å². The largest absolute Gasteiger partial charge is 0.493 e. The van der Waals surface area contributed by atoms with Gasteiger partial charge in [-0.2, -0.15) is 0 Å². The van der Waals surface area contributed by atoms with E-state index in [1.165, 1.54) is 12.8 Å². The van der Waals surface area contributed by atoms with Gasteiger partial charge in [-0.05, 0) is 55.2 Å². The zero-order chi connectivity index (χ0) is 16.4. The van der Waals surface area contributed by atoms with Crippen LogP contribution in [0.15, 0.2) is 60.8 Å². The molecular formula is C20H18N2O2. The molecule has 0 unspecified atom stereocenters. The summed E-state index contributed by atoms with van der Waals surface area (Å²) in [7, 11) is 0. The molecule has 120 valence electrons. The fourth-order valence-electron chi connectivity index (χ4n) is 2.58. The highest BCUT2D eigenvalue weighted by Crippen LogP contribution is 2.30. The second-order valence-electron chi connectivity index (χ2n) is 6.15. The summed E-state index contributed by atoms with van der Waals surface area (Å²) in [6.07, 6.45) is 4.26. The predicted octanol–water partition coefficient (Wildman–Crippen LogP) is 4.28. The molecule has 2 aromatic carbocycles. The first kappa shape index (κ1) is 14.7. The smallest absolute Gasteiger partial charge is 0.255 e. The summed E-state index contributed by atoms with van der Waals surface area (Å²) in [5, 5.41) is 3.88. The molecule has 4 nitrogen and oxygen atoms in total. The van der Waals surface area contributed by atoms with Crippen molar-refractivity contribution in [3.8, 4) is 5.75 Å². The molecule has 3 aromatic rings. The van der Waals surface area contributed by atoms with Crippen LogP contribution in [0.5, 0.6) is 5.75 Å². The van der Waals surface area contributed by atoms with Crippen LogP contribution in [0.2, 0.25) is 0 Å². The number of carbonyl (C=O) groups is 1. The summed E-state index contributed by atoms with van der Waals surface area (Å²) in [5.41, 5.74) is 2.23. The van der Waals surface area contributed by atoms with Gasteiger partial charge in [-0.3, -0.25) is 9.78 Å². The van der Waals surface area contributed by atoms with Gasteiger partial charge in [0.1, 0.15) is 5.75 Å². The van der Waals surface area contributed by atoms with Crippen LogP contribution in [0.25, 0.3) is 10.9 Å². The Hall–Kier alpha value is -2.88. The molecule has 1 N–H and O–H groups in total. The van der Waals surface area contributed by atoms with Gasteiger partial charge < -0.3 is 10.1 Å². The Morgan fingerprint density at radius 1 is 1.12 bits per heavy atom. The van der Waals surface area contributed by atoms with Crippen molar-refractivity contribution in [2.75, 3.05) is 11.9 Å². The Kier molecular flexibility index (Phi) is 3.87. The minimum Gasteiger partial charge on any atom is -0.493 e. The fourth-order valence-corrected chi connectivity index (χ4v) is 2.58. The molecule has 0 atom stereocenters. The SMILES string of the molecule is O=C(Nc1cccc(OCC2CC2)c1)c1ccc2ncccc2c1. The lowest BCUT2D eigenvalue weighted by molar-refractivity contribution is 0.102. The second kappa shape index (κ2) is 6.32. The monoisotopic (exact) mass is 318 g/mol. The number of pyridine rings is 1. The normalized spacial score (nSPS) is 13.7. The number of amides is 1. The average Bonchev–Trinajstić information content (AvgIpc) is 3.44. The average molecular weight is 318 g/mol. The van der Waals surface area contributed by atoms with Crippen LogP contribution < -0.4 is 10.1 Å². The zero-order valence-corrected chi connectivity index (χ0v) is 13.2. The van der Waals surface area contributed by atoms with Gasteiger partial charge in [-0.1, -0.05) is 12.1 Å². The summed E-state index contributed by atoms with van der Waals surface area (Å²) in [5.74, 6) is 1.36. The maximum absolute atomic E-state index is 12.5. The Bertz CT molecular complexity index is 887. The molecule has 1 aliphatic rings. The van der Waals surface area contributed by atoms with E-state index in [1.54, 1.807) is 12.3 Å². The number of carbonyl (C=O) groups excluding carboxylic acids is 1. The van der Waals surface area contributed by atoms with Crippen molar-refractivity contribution in [3.63, 3.8) is 0 Å². The van der Waals surface area contributed by atoms with Crippen molar-refractivity contribution in [2.45, 2.75) is 12.8 Å². The van der Waals surface area contributed by atoms with Crippen molar-refractivity contribution < 1.29 is 9.53 Å². The number of benzene rings is 2. The predicted molar refractivity (Wildman–Crippen MR) is 94.4 cm³/mol. The number of rotatable bonds is 5. The second-order valence-corrected chi connectivity index (χ2v) is 6.15. The molecule has 1 saturated carbocycles. The van der Waals surface area contributed by atoms with Crippen LogP contribution in [0, 0.1) is 5.92 Å². The van der Waals surface area contributed by atoms with E-state index < -0.39 is 0 Å². The number of ether oxygens (including phenoxy) is 1. The van der Waals surface area contributed by atoms with Gasteiger partial charge in [-0.25, -0.2) is 0 Å². The summed E-state index contributed by atoms with van der Waals surface area (Å²) in [6.45, 7) is 0.759. The van der Waals surface area contributed by atoms with E-state index in [-0.39, 0.29) is 5.91 Å². The van der Waals surface area contributed by atoms with Crippen LogP contribution in [0.1, 0.15) is 23.2 Å². The van der Waals surface area contributed by atoms with Gasteiger partial charge >= 0.3 is 0 Å². The fraction of sp³-hybridized carbons (Fsp3) is 0.200. The molecule has 0 aliphatic heterocycles. The van der Waals surface area contributed by atoms with Gasteiger partial charge in [0.2, 0.25) is 0 Å². The quantitative estimate of drug-likeness (QED) is 0.764. The van der Waals surface area contributed by atoms with E-state index >= 15 is 0 Å². The van der Waals surface area contributed by atoms with Gasteiger partial charge in [0.05, 0.1) is 12.1 Å². The van der Waals surface area contributed by atoms with Crippen molar-refractivity contribution in [1.82, 2.24) is 4.98 Å². The number of fused-ring (bicyclic) bond motifs is 1. The standard InChI is InChI=1S/C20H18N2O2/c23-20(16-8-9-19-15(11-16)3-2-10-21-19)22-17-4-1-5-18(12-17)24-13-14-6-7-14/h1-5,8-12,14H,6-7,13H2,(H,22,23). The number of hydrogen-bond donors (Lipinski definition) is 1. The molecule has 24 heavy (non-hydrogen) atoms. The van der Waals surface area contributed by atoms with Gasteiger partial charge in [0, 0.05) is 28.9 Å². The minimum atomic E-state index is -0.139. The van der Waals surface area contributed by atoms with E-state index in [4.69, 9.17) is 4.74 Å². The molecule has 0 radical (unpaired) electrons. The Morgan fingerprint density at radius 3 is 2.92 bits per heavy atom. The van der Waals surface area contributed by atoms with Crippen molar-refractivity contribution in [1.29, 1.82) is 0 Å². The van der Waals surface area contributed by atoms with E-state index in [1.807, 2.05) is 48.5 Å². The molecule has 0 bridgehead atoms. The van der Waals surface area contributed by atoms with Crippen molar-refractivity contribution in [3.05, 3.63) is 66.4 Å². The molecule has 1 fully saturated rings. The number of aromatic nitrogens is 1. The van der Waals surface area contributed by atoms with Crippen molar-refractivity contribution >= 4 is 22.5 Å². The minimum absolute atomic E-state index is 0.139. The zero-order valence-electron chi connectivity index (χ0n) is 13.2. The third-order valence-corrected chi connectivity index (χ3v) is 4.14. The van der Waals surface area contributed by atoms with E-state index in [2.05, 4.69) is 10.3 Å². The lowest BCUT2D eigenvalue weighted by Crippen LogP contribution is -2.12. The van der Waals surface area contributed by atoms with Crippen LogP contribution in [-0.2, 0) is 0 Å². The molecule has 0 saturated heterocycles. The van der Waals surface area contributed by atoms with Crippen LogP contribution in [-0.4, -0.2) is 17.5 Å². The maximum atomic E-state index is 12.5. The topological polar surface area (TPSA) is 51.2 Å². The number of anilines is 1. The molecule has 1 aliphatic carbocycles. The molecular weight excluding hydrogens is 300 g/mol. The number of nitrogens with one attached hydrogen (secondary N) is 1. The maximum Gasteiger partial charge on any atom is 0.255 e. The lowest BCUT2D eigenvalue weighted by Gasteiger charge is -2.09. The molecule has 1 heterocycles. The highest BCUT2D eigenvalue weighted by molar-refractivity contribution is 6.06. The summed E-state index contributed by atoms with van der Waals surface area (Å²) in [4.78, 5) is 16.7. The van der Waals surface area contributed by atoms with Gasteiger partial charge in [0.15, 0.2) is 0 Å². The molecule has 4 heteroatoms. The highest BCUT2D eigenvalue weighted by atomic mass is 16.5. The van der Waals surface area contributed by atoms with E-state index in [9.17, 15) is 4.79 Å². The van der Waals surface area contributed by atoms with Gasteiger partial charge in [0.25, 0.3) is 5.91 Å². The first-order chi connectivity index (χ1) is 11.8. The summed E-state index contributed by atoms with van der Waals surface area (Å²) < 4.78 is 5.76. The first-order valence-electron chi connectivity index (χ1n) is 8.17. The Morgan fingerprint density at radius 2 is 2.04 bits per heavy atom. The molecule has 1 amide bonds. The first-order valence-corrected chi connectivity index (χ1v) is 8.17. The number of nitrogens with zero attached hydrogens (tertiary/aromatic N) is 1. The van der Waals surface area contributed by atoms with Crippen molar-refractivity contribution in [2.24, 2.45) is 5.92 Å². The molecule has 0 spiro atoms. The Balaban J connectivity index is 1.48. The summed E-state index contributed by atoms with van der Waals surface area (Å²) >= 11 is 0. The number of hydrogen-bond acceptors (Lipinski definition) is 3. The summed E-state index contributed by atoms with van der Waals surface area (Å²) in [6, 6.07) is 16.9. The Labute approximate surface area is 140 Å². The molecule has 4 rings (SSSR count). The van der Waals surface area contributed by atoms with E-state index in [0.29, 0.717) is 11.5 Å². The van der Waals surface area contributed by atoms with Crippen LogP contribution in [0.4, 0.5) is 5.69 Å². The molecule has 1 aromatic heterocycles. The lowest BCUT2D eigenvalue weighted by atomic mass is 10.1. The third kappa shape index (κ3) is 3.38. The van der Waals surface area contributed by atoms with Gasteiger partial charge in [-0.15, -0.1) is 0 Å². The third-order valence-electron chi connectivity index (χ3n) is 4.14. The highest BCUT2D eigenvalue weighted by Gasteiger charge is 2.21. The van der Waals surface area contributed by atoms with Crippen LogP contribution >= 0.6 is 0 Å². The van der Waals surface area contributed by atoms with E-state index in [0.717, 1.165) is 28.9 Å².